The number of hydrogen-bond acceptors (Lipinski definition) is 3. The van der Waals surface area contributed by atoms with Gasteiger partial charge in [0, 0.05) is 6.54 Å². The van der Waals surface area contributed by atoms with Gasteiger partial charge in [-0.05, 0) is 12.0 Å². The van der Waals surface area contributed by atoms with Crippen LogP contribution in [0.2, 0.25) is 0 Å². The Morgan fingerprint density at radius 2 is 2.07 bits per heavy atom. The molecule has 1 aromatic rings. The first-order valence-electron chi connectivity index (χ1n) is 4.91. The lowest BCUT2D eigenvalue weighted by molar-refractivity contribution is -0.120. The fourth-order valence-corrected chi connectivity index (χ4v) is 1.36. The smallest absolute Gasteiger partial charge is 0.234 e. The van der Waals surface area contributed by atoms with Crippen LogP contribution >= 0.6 is 0 Å². The molecule has 0 bridgehead atoms. The van der Waals surface area contributed by atoms with Crippen LogP contribution in [0.25, 0.3) is 0 Å². The predicted molar refractivity (Wildman–Crippen MR) is 58.2 cm³/mol. The third-order valence-corrected chi connectivity index (χ3v) is 2.13. The SMILES string of the molecule is NC(=O)[C@H](Cc1ccccc1)NCCO. The molecule has 82 valence electrons. The topological polar surface area (TPSA) is 75.4 Å². The van der Waals surface area contributed by atoms with Crippen LogP contribution < -0.4 is 11.1 Å². The van der Waals surface area contributed by atoms with Crippen molar-refractivity contribution in [1.29, 1.82) is 0 Å². The molecule has 4 nitrogen and oxygen atoms in total. The van der Waals surface area contributed by atoms with Crippen molar-refractivity contribution in [2.75, 3.05) is 13.2 Å². The summed E-state index contributed by atoms with van der Waals surface area (Å²) in [6, 6.07) is 9.22. The number of primary amides is 1. The van der Waals surface area contributed by atoms with E-state index in [2.05, 4.69) is 5.32 Å². The monoisotopic (exact) mass is 208 g/mol. The van der Waals surface area contributed by atoms with E-state index in [1.54, 1.807) is 0 Å². The van der Waals surface area contributed by atoms with Crippen LogP contribution in [-0.4, -0.2) is 30.2 Å². The largest absolute Gasteiger partial charge is 0.395 e. The first-order valence-corrected chi connectivity index (χ1v) is 4.91. The van der Waals surface area contributed by atoms with E-state index < -0.39 is 11.9 Å². The quantitative estimate of drug-likeness (QED) is 0.599. The highest BCUT2D eigenvalue weighted by Crippen LogP contribution is 2.02. The van der Waals surface area contributed by atoms with Gasteiger partial charge in [-0.25, -0.2) is 0 Å². The minimum atomic E-state index is -0.417. The predicted octanol–water partition coefficient (Wildman–Crippen LogP) is -0.335. The molecule has 4 N–H and O–H groups in total. The Hall–Kier alpha value is -1.39. The molecule has 0 spiro atoms. The molecule has 0 fully saturated rings. The highest BCUT2D eigenvalue weighted by atomic mass is 16.3. The minimum absolute atomic E-state index is 0.00142. The van der Waals surface area contributed by atoms with Crippen molar-refractivity contribution in [3.63, 3.8) is 0 Å². The summed E-state index contributed by atoms with van der Waals surface area (Å²) >= 11 is 0. The zero-order valence-corrected chi connectivity index (χ0v) is 8.52. The Morgan fingerprint density at radius 3 is 2.60 bits per heavy atom. The number of benzene rings is 1. The van der Waals surface area contributed by atoms with Crippen molar-refractivity contribution < 1.29 is 9.90 Å². The Balaban J connectivity index is 2.55. The third-order valence-electron chi connectivity index (χ3n) is 2.13. The molecule has 0 aliphatic heterocycles. The molecule has 0 saturated carbocycles. The molecule has 0 radical (unpaired) electrons. The molecule has 0 unspecified atom stereocenters. The van der Waals surface area contributed by atoms with Crippen molar-refractivity contribution in [1.82, 2.24) is 5.32 Å². The molecule has 0 heterocycles. The number of carbonyl (C=O) groups is 1. The summed E-state index contributed by atoms with van der Waals surface area (Å²) in [6.07, 6.45) is 0.552. The lowest BCUT2D eigenvalue weighted by Gasteiger charge is -2.14. The van der Waals surface area contributed by atoms with Gasteiger partial charge < -0.3 is 16.2 Å². The standard InChI is InChI=1S/C11H16N2O2/c12-11(15)10(13-6-7-14)8-9-4-2-1-3-5-9/h1-5,10,13-14H,6-8H2,(H2,12,15)/t10-/m0/s1. The van der Waals surface area contributed by atoms with Crippen LogP contribution in [0.4, 0.5) is 0 Å². The fourth-order valence-electron chi connectivity index (χ4n) is 1.36. The number of rotatable bonds is 6. The Kier molecular flexibility index (Phi) is 4.80. The molecule has 0 saturated heterocycles. The lowest BCUT2D eigenvalue weighted by atomic mass is 10.1. The van der Waals surface area contributed by atoms with E-state index >= 15 is 0 Å². The molecule has 0 aliphatic carbocycles. The number of aliphatic hydroxyl groups excluding tert-OH is 1. The maximum atomic E-state index is 11.1. The number of hydrogen-bond donors (Lipinski definition) is 3. The highest BCUT2D eigenvalue weighted by molar-refractivity contribution is 5.80. The number of amides is 1. The lowest BCUT2D eigenvalue weighted by Crippen LogP contribution is -2.43. The summed E-state index contributed by atoms with van der Waals surface area (Å²) in [6.45, 7) is 0.374. The van der Waals surface area contributed by atoms with E-state index in [-0.39, 0.29) is 6.61 Å². The Morgan fingerprint density at radius 1 is 1.40 bits per heavy atom. The van der Waals surface area contributed by atoms with Crippen molar-refractivity contribution >= 4 is 5.91 Å². The first-order chi connectivity index (χ1) is 7.24. The number of nitrogens with one attached hydrogen (secondary N) is 1. The number of carbonyl (C=O) groups excluding carboxylic acids is 1. The molecule has 1 rings (SSSR count). The van der Waals surface area contributed by atoms with Gasteiger partial charge in [-0.3, -0.25) is 4.79 Å². The van der Waals surface area contributed by atoms with Gasteiger partial charge in [-0.15, -0.1) is 0 Å². The van der Waals surface area contributed by atoms with Gasteiger partial charge in [0.15, 0.2) is 0 Å². The maximum Gasteiger partial charge on any atom is 0.234 e. The van der Waals surface area contributed by atoms with Crippen LogP contribution in [0.3, 0.4) is 0 Å². The summed E-state index contributed by atoms with van der Waals surface area (Å²) in [5, 5.41) is 11.5. The van der Waals surface area contributed by atoms with E-state index in [1.165, 1.54) is 0 Å². The molecular weight excluding hydrogens is 192 g/mol. The average molecular weight is 208 g/mol. The second-order valence-electron chi connectivity index (χ2n) is 3.32. The van der Waals surface area contributed by atoms with Crippen molar-refractivity contribution in [3.05, 3.63) is 35.9 Å². The molecule has 1 aromatic carbocycles. The molecule has 15 heavy (non-hydrogen) atoms. The summed E-state index contributed by atoms with van der Waals surface area (Å²) < 4.78 is 0. The summed E-state index contributed by atoms with van der Waals surface area (Å²) in [4.78, 5) is 11.1. The fraction of sp³-hybridized carbons (Fsp3) is 0.364. The zero-order chi connectivity index (χ0) is 11.1. The number of aliphatic hydroxyl groups is 1. The zero-order valence-electron chi connectivity index (χ0n) is 8.52. The van der Waals surface area contributed by atoms with Gasteiger partial charge in [0.1, 0.15) is 0 Å². The second kappa shape index (κ2) is 6.16. The third kappa shape index (κ3) is 4.10. The van der Waals surface area contributed by atoms with E-state index in [4.69, 9.17) is 10.8 Å². The molecule has 0 aromatic heterocycles. The van der Waals surface area contributed by atoms with Gasteiger partial charge >= 0.3 is 0 Å². The van der Waals surface area contributed by atoms with Crippen molar-refractivity contribution in [2.24, 2.45) is 5.73 Å². The summed E-state index contributed by atoms with van der Waals surface area (Å²) in [5.74, 6) is -0.396. The Labute approximate surface area is 89.1 Å². The molecule has 1 atom stereocenters. The normalized spacial score (nSPS) is 12.3. The minimum Gasteiger partial charge on any atom is -0.395 e. The van der Waals surface area contributed by atoms with Crippen molar-refractivity contribution in [3.8, 4) is 0 Å². The Bertz CT molecular complexity index is 301. The first kappa shape index (κ1) is 11.7. The van der Waals surface area contributed by atoms with Crippen molar-refractivity contribution in [2.45, 2.75) is 12.5 Å². The molecule has 4 heteroatoms. The van der Waals surface area contributed by atoms with E-state index in [1.807, 2.05) is 30.3 Å². The van der Waals surface area contributed by atoms with Crippen LogP contribution in [-0.2, 0) is 11.2 Å². The summed E-state index contributed by atoms with van der Waals surface area (Å²) in [5.41, 5.74) is 6.29. The molecular formula is C11H16N2O2. The van der Waals surface area contributed by atoms with Crippen LogP contribution in [0, 0.1) is 0 Å². The second-order valence-corrected chi connectivity index (χ2v) is 3.32. The summed E-state index contributed by atoms with van der Waals surface area (Å²) in [7, 11) is 0. The van der Waals surface area contributed by atoms with Gasteiger partial charge in [-0.2, -0.15) is 0 Å². The van der Waals surface area contributed by atoms with Gasteiger partial charge in [0.05, 0.1) is 12.6 Å². The maximum absolute atomic E-state index is 11.1. The van der Waals surface area contributed by atoms with Gasteiger partial charge in [0.2, 0.25) is 5.91 Å². The molecule has 0 aliphatic rings. The van der Waals surface area contributed by atoms with E-state index in [0.29, 0.717) is 13.0 Å². The van der Waals surface area contributed by atoms with Gasteiger partial charge in [0.25, 0.3) is 0 Å². The van der Waals surface area contributed by atoms with E-state index in [9.17, 15) is 4.79 Å². The van der Waals surface area contributed by atoms with Gasteiger partial charge in [-0.1, -0.05) is 30.3 Å². The average Bonchev–Trinajstić information content (AvgIpc) is 2.25. The number of nitrogens with two attached hydrogens (primary N) is 1. The van der Waals surface area contributed by atoms with Crippen LogP contribution in [0.1, 0.15) is 5.56 Å². The highest BCUT2D eigenvalue weighted by Gasteiger charge is 2.14. The molecule has 1 amide bonds. The van der Waals surface area contributed by atoms with E-state index in [0.717, 1.165) is 5.56 Å². The van der Waals surface area contributed by atoms with Crippen LogP contribution in [0.5, 0.6) is 0 Å². The van der Waals surface area contributed by atoms with Crippen LogP contribution in [0.15, 0.2) is 30.3 Å².